The van der Waals surface area contributed by atoms with Crippen LogP contribution in [0.3, 0.4) is 0 Å². The lowest BCUT2D eigenvalue weighted by Gasteiger charge is -2.17. The molecule has 2 rings (SSSR count). The standard InChI is InChI=1S/C16H21BrN2S/c1-9-6-13(7-10(2)16(9)17)14(18-5)8-15-19-11(3)12(4)20-15/h6-7,14,18H,8H2,1-5H3. The molecule has 1 aromatic heterocycles. The fraction of sp³-hybridized carbons (Fsp3) is 0.438. The molecule has 1 atom stereocenters. The summed E-state index contributed by atoms with van der Waals surface area (Å²) in [6.07, 6.45) is 0.941. The van der Waals surface area contributed by atoms with Gasteiger partial charge in [-0.05, 0) is 51.4 Å². The maximum Gasteiger partial charge on any atom is 0.0949 e. The summed E-state index contributed by atoms with van der Waals surface area (Å²) in [4.78, 5) is 5.97. The van der Waals surface area contributed by atoms with E-state index in [4.69, 9.17) is 0 Å². The Bertz CT molecular complexity index is 576. The van der Waals surface area contributed by atoms with Gasteiger partial charge in [-0.15, -0.1) is 11.3 Å². The van der Waals surface area contributed by atoms with Crippen LogP contribution >= 0.6 is 27.3 Å². The van der Waals surface area contributed by atoms with Crippen molar-refractivity contribution in [3.05, 3.63) is 48.9 Å². The smallest absolute Gasteiger partial charge is 0.0949 e. The largest absolute Gasteiger partial charge is 0.313 e. The first-order valence-corrected chi connectivity index (χ1v) is 8.40. The van der Waals surface area contributed by atoms with Crippen LogP contribution in [0, 0.1) is 27.7 Å². The second-order valence-electron chi connectivity index (χ2n) is 5.26. The summed E-state index contributed by atoms with van der Waals surface area (Å²) in [5, 5.41) is 4.63. The number of rotatable bonds is 4. The van der Waals surface area contributed by atoms with E-state index in [1.807, 2.05) is 7.05 Å². The Balaban J connectivity index is 2.28. The highest BCUT2D eigenvalue weighted by Gasteiger charge is 2.15. The molecule has 2 nitrogen and oxygen atoms in total. The van der Waals surface area contributed by atoms with Crippen molar-refractivity contribution in [3.8, 4) is 0 Å². The Morgan fingerprint density at radius 2 is 1.80 bits per heavy atom. The van der Waals surface area contributed by atoms with Gasteiger partial charge in [0.25, 0.3) is 0 Å². The number of likely N-dealkylation sites (N-methyl/N-ethyl adjacent to an activating group) is 1. The van der Waals surface area contributed by atoms with E-state index in [9.17, 15) is 0 Å². The summed E-state index contributed by atoms with van der Waals surface area (Å²) in [5.41, 5.74) is 5.05. The maximum atomic E-state index is 4.66. The second-order valence-corrected chi connectivity index (χ2v) is 7.34. The van der Waals surface area contributed by atoms with E-state index in [1.165, 1.54) is 31.0 Å². The number of thiazole rings is 1. The molecule has 1 heterocycles. The highest BCUT2D eigenvalue weighted by atomic mass is 79.9. The number of hydrogen-bond donors (Lipinski definition) is 1. The summed E-state index contributed by atoms with van der Waals surface area (Å²) in [6, 6.07) is 4.82. The molecule has 0 radical (unpaired) electrons. The molecule has 4 heteroatoms. The third-order valence-electron chi connectivity index (χ3n) is 3.66. The number of aryl methyl sites for hydroxylation is 4. The molecule has 0 saturated heterocycles. The van der Waals surface area contributed by atoms with Crippen LogP contribution in [-0.2, 0) is 6.42 Å². The first-order chi connectivity index (χ1) is 9.42. The molecule has 0 fully saturated rings. The van der Waals surface area contributed by atoms with Crippen LogP contribution in [-0.4, -0.2) is 12.0 Å². The Morgan fingerprint density at radius 1 is 1.20 bits per heavy atom. The zero-order valence-corrected chi connectivity index (χ0v) is 15.1. The van der Waals surface area contributed by atoms with E-state index in [0.717, 1.165) is 12.1 Å². The number of halogens is 1. The van der Waals surface area contributed by atoms with Crippen LogP contribution in [0.2, 0.25) is 0 Å². The Kier molecular flexibility index (Phi) is 4.99. The van der Waals surface area contributed by atoms with Crippen LogP contribution in [0.1, 0.15) is 38.3 Å². The van der Waals surface area contributed by atoms with Crippen LogP contribution in [0.5, 0.6) is 0 Å². The van der Waals surface area contributed by atoms with Crippen molar-refractivity contribution in [3.63, 3.8) is 0 Å². The quantitative estimate of drug-likeness (QED) is 0.866. The topological polar surface area (TPSA) is 24.9 Å². The van der Waals surface area contributed by atoms with Gasteiger partial charge in [0.1, 0.15) is 0 Å². The van der Waals surface area contributed by atoms with Crippen LogP contribution < -0.4 is 5.32 Å². The molecular formula is C16H21BrN2S. The maximum absolute atomic E-state index is 4.66. The van der Waals surface area contributed by atoms with Gasteiger partial charge in [-0.1, -0.05) is 28.1 Å². The highest BCUT2D eigenvalue weighted by Crippen LogP contribution is 2.28. The molecule has 1 N–H and O–H groups in total. The summed E-state index contributed by atoms with van der Waals surface area (Å²) in [5.74, 6) is 0. The van der Waals surface area contributed by atoms with E-state index in [1.54, 1.807) is 11.3 Å². The molecule has 0 aliphatic carbocycles. The summed E-state index contributed by atoms with van der Waals surface area (Å²) >= 11 is 5.44. The van der Waals surface area contributed by atoms with Crippen molar-refractivity contribution < 1.29 is 0 Å². The Hall–Kier alpha value is -0.710. The molecule has 0 spiro atoms. The molecule has 20 heavy (non-hydrogen) atoms. The molecule has 0 aliphatic heterocycles. The third kappa shape index (κ3) is 3.30. The zero-order valence-electron chi connectivity index (χ0n) is 12.7. The van der Waals surface area contributed by atoms with Crippen molar-refractivity contribution >= 4 is 27.3 Å². The average Bonchev–Trinajstić information content (AvgIpc) is 2.71. The molecule has 0 amide bonds. The SMILES string of the molecule is CNC(Cc1nc(C)c(C)s1)c1cc(C)c(Br)c(C)c1. The average molecular weight is 353 g/mol. The minimum Gasteiger partial charge on any atom is -0.313 e. The second kappa shape index (κ2) is 6.37. The lowest BCUT2D eigenvalue weighted by molar-refractivity contribution is 0.589. The molecular weight excluding hydrogens is 332 g/mol. The molecule has 108 valence electrons. The molecule has 1 unspecified atom stereocenters. The van der Waals surface area contributed by atoms with Gasteiger partial charge in [-0.25, -0.2) is 4.98 Å². The van der Waals surface area contributed by atoms with Crippen molar-refractivity contribution in [2.75, 3.05) is 7.05 Å². The van der Waals surface area contributed by atoms with Gasteiger partial charge in [0.2, 0.25) is 0 Å². The Labute approximate surface area is 133 Å². The van der Waals surface area contributed by atoms with E-state index >= 15 is 0 Å². The van der Waals surface area contributed by atoms with Crippen LogP contribution in [0.4, 0.5) is 0 Å². The number of aromatic nitrogens is 1. The third-order valence-corrected chi connectivity index (χ3v) is 6.01. The number of nitrogens with zero attached hydrogens (tertiary/aromatic N) is 1. The Morgan fingerprint density at radius 3 is 2.25 bits per heavy atom. The van der Waals surface area contributed by atoms with Gasteiger partial charge in [0.05, 0.1) is 10.7 Å². The summed E-state index contributed by atoms with van der Waals surface area (Å²) in [7, 11) is 2.02. The van der Waals surface area contributed by atoms with Crippen molar-refractivity contribution in [2.24, 2.45) is 0 Å². The molecule has 0 aliphatic rings. The van der Waals surface area contributed by atoms with E-state index < -0.39 is 0 Å². The zero-order chi connectivity index (χ0) is 14.9. The van der Waals surface area contributed by atoms with E-state index in [0.29, 0.717) is 6.04 Å². The minimum atomic E-state index is 0.311. The van der Waals surface area contributed by atoms with Gasteiger partial charge in [0.15, 0.2) is 0 Å². The number of hydrogen-bond acceptors (Lipinski definition) is 3. The fourth-order valence-electron chi connectivity index (χ4n) is 2.37. The number of benzene rings is 1. The van der Waals surface area contributed by atoms with Crippen molar-refractivity contribution in [2.45, 2.75) is 40.2 Å². The predicted molar refractivity (Wildman–Crippen MR) is 90.7 cm³/mol. The molecule has 2 aromatic rings. The van der Waals surface area contributed by atoms with Crippen LogP contribution in [0.25, 0.3) is 0 Å². The molecule has 0 saturated carbocycles. The molecule has 1 aromatic carbocycles. The van der Waals surface area contributed by atoms with Crippen molar-refractivity contribution in [1.29, 1.82) is 0 Å². The summed E-state index contributed by atoms with van der Waals surface area (Å²) in [6.45, 7) is 8.51. The lowest BCUT2D eigenvalue weighted by Crippen LogP contribution is -2.19. The van der Waals surface area contributed by atoms with E-state index in [-0.39, 0.29) is 0 Å². The number of nitrogens with one attached hydrogen (secondary N) is 1. The van der Waals surface area contributed by atoms with Crippen LogP contribution in [0.15, 0.2) is 16.6 Å². The lowest BCUT2D eigenvalue weighted by atomic mass is 9.99. The molecule has 0 bridgehead atoms. The highest BCUT2D eigenvalue weighted by molar-refractivity contribution is 9.10. The van der Waals surface area contributed by atoms with Gasteiger partial charge < -0.3 is 5.32 Å². The summed E-state index contributed by atoms with van der Waals surface area (Å²) < 4.78 is 1.21. The predicted octanol–water partition coefficient (Wildman–Crippen LogP) is 4.64. The fourth-order valence-corrected chi connectivity index (χ4v) is 3.58. The first kappa shape index (κ1) is 15.7. The van der Waals surface area contributed by atoms with Gasteiger partial charge in [0, 0.05) is 21.8 Å². The monoisotopic (exact) mass is 352 g/mol. The van der Waals surface area contributed by atoms with Crippen molar-refractivity contribution in [1.82, 2.24) is 10.3 Å². The van der Waals surface area contributed by atoms with E-state index in [2.05, 4.69) is 66.1 Å². The normalized spacial score (nSPS) is 12.7. The minimum absolute atomic E-state index is 0.311. The van der Waals surface area contributed by atoms with Gasteiger partial charge >= 0.3 is 0 Å². The first-order valence-electron chi connectivity index (χ1n) is 6.79. The van der Waals surface area contributed by atoms with Gasteiger partial charge in [-0.3, -0.25) is 0 Å². The van der Waals surface area contributed by atoms with Gasteiger partial charge in [-0.2, -0.15) is 0 Å².